The Bertz CT molecular complexity index is 583. The maximum Gasteiger partial charge on any atom is 0.318 e. The maximum atomic E-state index is 11.7. The minimum atomic E-state index is -0.0354. The summed E-state index contributed by atoms with van der Waals surface area (Å²) in [4.78, 5) is 17.5. The van der Waals surface area contributed by atoms with Gasteiger partial charge in [0.05, 0.1) is 6.04 Å². The first-order valence-corrected chi connectivity index (χ1v) is 6.40. The summed E-state index contributed by atoms with van der Waals surface area (Å²) in [6, 6.07) is 5.78. The number of oxazole rings is 1. The highest BCUT2D eigenvalue weighted by molar-refractivity contribution is 7.80. The molecule has 0 bridgehead atoms. The Labute approximate surface area is 110 Å². The molecule has 94 valence electrons. The molecule has 1 aromatic carbocycles. The number of hydrogen-bond acceptors (Lipinski definition) is 4. The molecule has 1 fully saturated rings. The molecular formula is C12H13N3O2S. The van der Waals surface area contributed by atoms with Crippen molar-refractivity contribution in [3.63, 3.8) is 0 Å². The standard InChI is InChI=1S/C12H13N3O2S/c16-12-14-10(6-15(12)3-4-18)8-1-2-9-11(5-8)17-7-13-9/h1-2,5,7,10,18H,3-4,6H2,(H,14,16). The topological polar surface area (TPSA) is 58.4 Å². The van der Waals surface area contributed by atoms with E-state index in [2.05, 4.69) is 22.9 Å². The zero-order valence-electron chi connectivity index (χ0n) is 9.67. The molecule has 5 nitrogen and oxygen atoms in total. The lowest BCUT2D eigenvalue weighted by molar-refractivity contribution is 0.220. The smallest absolute Gasteiger partial charge is 0.318 e. The summed E-state index contributed by atoms with van der Waals surface area (Å²) in [6.45, 7) is 1.33. The summed E-state index contributed by atoms with van der Waals surface area (Å²) in [5.41, 5.74) is 2.61. The Morgan fingerprint density at radius 3 is 3.28 bits per heavy atom. The average Bonchev–Trinajstić information content (AvgIpc) is 2.96. The summed E-state index contributed by atoms with van der Waals surface area (Å²) in [5, 5.41) is 2.95. The molecule has 6 heteroatoms. The van der Waals surface area contributed by atoms with Crippen molar-refractivity contribution in [3.8, 4) is 0 Å². The minimum Gasteiger partial charge on any atom is -0.443 e. The van der Waals surface area contributed by atoms with Gasteiger partial charge in [-0.15, -0.1) is 0 Å². The second-order valence-corrected chi connectivity index (χ2v) is 4.70. The van der Waals surface area contributed by atoms with E-state index >= 15 is 0 Å². The van der Waals surface area contributed by atoms with Crippen LogP contribution in [0.2, 0.25) is 0 Å². The van der Waals surface area contributed by atoms with E-state index in [1.807, 2.05) is 18.2 Å². The van der Waals surface area contributed by atoms with Crippen molar-refractivity contribution < 1.29 is 9.21 Å². The number of nitrogens with zero attached hydrogens (tertiary/aromatic N) is 2. The van der Waals surface area contributed by atoms with E-state index in [0.717, 1.165) is 16.7 Å². The van der Waals surface area contributed by atoms with Gasteiger partial charge in [0.1, 0.15) is 5.52 Å². The third-order valence-corrected chi connectivity index (χ3v) is 3.32. The number of urea groups is 1. The first-order chi connectivity index (χ1) is 8.78. The molecule has 1 aliphatic rings. The fourth-order valence-corrected chi connectivity index (χ4v) is 2.42. The molecule has 18 heavy (non-hydrogen) atoms. The highest BCUT2D eigenvalue weighted by Gasteiger charge is 2.29. The summed E-state index contributed by atoms with van der Waals surface area (Å²) >= 11 is 4.15. The lowest BCUT2D eigenvalue weighted by atomic mass is 10.1. The average molecular weight is 263 g/mol. The second-order valence-electron chi connectivity index (χ2n) is 4.25. The van der Waals surface area contributed by atoms with Crippen molar-refractivity contribution in [2.24, 2.45) is 0 Å². The first kappa shape index (κ1) is 11.4. The van der Waals surface area contributed by atoms with Gasteiger partial charge >= 0.3 is 6.03 Å². The number of carbonyl (C=O) groups excluding carboxylic acids is 1. The van der Waals surface area contributed by atoms with Crippen molar-refractivity contribution in [3.05, 3.63) is 30.2 Å². The summed E-state index contributed by atoms with van der Waals surface area (Å²) < 4.78 is 5.27. The molecule has 1 N–H and O–H groups in total. The lowest BCUT2D eigenvalue weighted by Gasteiger charge is -2.12. The molecule has 1 unspecified atom stereocenters. The predicted octanol–water partition coefficient (Wildman–Crippen LogP) is 1.82. The number of fused-ring (bicyclic) bond motifs is 1. The molecule has 2 amide bonds. The van der Waals surface area contributed by atoms with Gasteiger partial charge in [-0.2, -0.15) is 12.6 Å². The maximum absolute atomic E-state index is 11.7. The SMILES string of the molecule is O=C1NC(c2ccc3ncoc3c2)CN1CCS. The van der Waals surface area contributed by atoms with Crippen molar-refractivity contribution >= 4 is 29.8 Å². The van der Waals surface area contributed by atoms with Gasteiger partial charge in [0.2, 0.25) is 0 Å². The van der Waals surface area contributed by atoms with E-state index in [1.165, 1.54) is 6.39 Å². The predicted molar refractivity (Wildman–Crippen MR) is 70.7 cm³/mol. The van der Waals surface area contributed by atoms with Crippen LogP contribution < -0.4 is 5.32 Å². The molecular weight excluding hydrogens is 250 g/mol. The van der Waals surface area contributed by atoms with Crippen LogP contribution in [0, 0.1) is 0 Å². The summed E-state index contributed by atoms with van der Waals surface area (Å²) in [7, 11) is 0. The van der Waals surface area contributed by atoms with Gasteiger partial charge in [-0.1, -0.05) is 6.07 Å². The highest BCUT2D eigenvalue weighted by atomic mass is 32.1. The van der Waals surface area contributed by atoms with E-state index in [0.29, 0.717) is 18.8 Å². The van der Waals surface area contributed by atoms with Crippen molar-refractivity contribution in [2.45, 2.75) is 6.04 Å². The Balaban J connectivity index is 1.84. The van der Waals surface area contributed by atoms with Gasteiger partial charge in [0, 0.05) is 18.8 Å². The summed E-state index contributed by atoms with van der Waals surface area (Å²) in [5.74, 6) is 0.668. The van der Waals surface area contributed by atoms with Crippen LogP contribution in [0.4, 0.5) is 4.79 Å². The molecule has 0 radical (unpaired) electrons. The molecule has 1 aliphatic heterocycles. The molecule has 0 spiro atoms. The Morgan fingerprint density at radius 1 is 1.56 bits per heavy atom. The number of amides is 2. The molecule has 1 aromatic heterocycles. The molecule has 1 atom stereocenters. The minimum absolute atomic E-state index is 0.00637. The zero-order valence-corrected chi connectivity index (χ0v) is 10.6. The number of benzene rings is 1. The Kier molecular flexibility index (Phi) is 2.87. The number of nitrogens with one attached hydrogen (secondary N) is 1. The van der Waals surface area contributed by atoms with Crippen LogP contribution in [-0.2, 0) is 0 Å². The van der Waals surface area contributed by atoms with Gasteiger partial charge < -0.3 is 14.6 Å². The second kappa shape index (κ2) is 4.53. The molecule has 0 saturated carbocycles. The van der Waals surface area contributed by atoms with Crippen LogP contribution in [-0.4, -0.2) is 34.8 Å². The van der Waals surface area contributed by atoms with Gasteiger partial charge in [0.25, 0.3) is 0 Å². The fraction of sp³-hybridized carbons (Fsp3) is 0.333. The normalized spacial score (nSPS) is 19.5. The van der Waals surface area contributed by atoms with Crippen LogP contribution in [0.15, 0.2) is 29.0 Å². The van der Waals surface area contributed by atoms with Crippen LogP contribution >= 0.6 is 12.6 Å². The molecule has 2 heterocycles. The van der Waals surface area contributed by atoms with Crippen LogP contribution in [0.1, 0.15) is 11.6 Å². The van der Waals surface area contributed by atoms with Crippen molar-refractivity contribution in [1.29, 1.82) is 0 Å². The van der Waals surface area contributed by atoms with E-state index in [1.54, 1.807) is 4.90 Å². The van der Waals surface area contributed by atoms with Gasteiger partial charge in [0.15, 0.2) is 12.0 Å². The first-order valence-electron chi connectivity index (χ1n) is 5.77. The molecule has 0 aliphatic carbocycles. The Morgan fingerprint density at radius 2 is 2.44 bits per heavy atom. The highest BCUT2D eigenvalue weighted by Crippen LogP contribution is 2.23. The zero-order chi connectivity index (χ0) is 12.5. The van der Waals surface area contributed by atoms with E-state index in [9.17, 15) is 4.79 Å². The number of aromatic nitrogens is 1. The third kappa shape index (κ3) is 1.92. The van der Waals surface area contributed by atoms with Gasteiger partial charge in [-0.25, -0.2) is 9.78 Å². The number of thiol groups is 1. The quantitative estimate of drug-likeness (QED) is 0.831. The Hall–Kier alpha value is -1.69. The van der Waals surface area contributed by atoms with Crippen LogP contribution in [0.25, 0.3) is 11.1 Å². The van der Waals surface area contributed by atoms with Crippen molar-refractivity contribution in [1.82, 2.24) is 15.2 Å². The van der Waals surface area contributed by atoms with E-state index < -0.39 is 0 Å². The largest absolute Gasteiger partial charge is 0.443 e. The monoisotopic (exact) mass is 263 g/mol. The lowest BCUT2D eigenvalue weighted by Crippen LogP contribution is -2.29. The number of carbonyl (C=O) groups is 1. The third-order valence-electron chi connectivity index (χ3n) is 3.12. The fourth-order valence-electron chi connectivity index (χ4n) is 2.18. The molecule has 3 rings (SSSR count). The van der Waals surface area contributed by atoms with Crippen LogP contribution in [0.5, 0.6) is 0 Å². The van der Waals surface area contributed by atoms with Gasteiger partial charge in [-0.3, -0.25) is 0 Å². The number of rotatable bonds is 3. The van der Waals surface area contributed by atoms with Crippen LogP contribution in [0.3, 0.4) is 0 Å². The van der Waals surface area contributed by atoms with Gasteiger partial charge in [-0.05, 0) is 17.7 Å². The van der Waals surface area contributed by atoms with E-state index in [4.69, 9.17) is 4.42 Å². The molecule has 1 saturated heterocycles. The number of hydrogen-bond donors (Lipinski definition) is 2. The molecule has 2 aromatic rings. The van der Waals surface area contributed by atoms with E-state index in [-0.39, 0.29) is 12.1 Å². The summed E-state index contributed by atoms with van der Waals surface area (Å²) in [6.07, 6.45) is 1.43. The van der Waals surface area contributed by atoms with Crippen molar-refractivity contribution in [2.75, 3.05) is 18.8 Å².